The zero-order valence-electron chi connectivity index (χ0n) is 10.2. The van der Waals surface area contributed by atoms with Gasteiger partial charge in [0.25, 0.3) is 0 Å². The molecule has 0 aromatic carbocycles. The van der Waals surface area contributed by atoms with Crippen LogP contribution in [0.3, 0.4) is 0 Å². The minimum atomic E-state index is -0.903. The summed E-state index contributed by atoms with van der Waals surface area (Å²) in [5.41, 5.74) is 2.14. The molecular formula is C14H16N2O2. The SMILES string of the molecule is O=C(O)c1ccn2cc(C3CCCCC3)nc2c1. The van der Waals surface area contributed by atoms with Gasteiger partial charge in [0.1, 0.15) is 5.65 Å². The molecule has 1 saturated carbocycles. The second kappa shape index (κ2) is 4.44. The van der Waals surface area contributed by atoms with Crippen molar-refractivity contribution in [1.29, 1.82) is 0 Å². The van der Waals surface area contributed by atoms with E-state index >= 15 is 0 Å². The highest BCUT2D eigenvalue weighted by atomic mass is 16.4. The van der Waals surface area contributed by atoms with Gasteiger partial charge in [-0.2, -0.15) is 0 Å². The smallest absolute Gasteiger partial charge is 0.335 e. The zero-order chi connectivity index (χ0) is 12.5. The Morgan fingerprint density at radius 1 is 1.33 bits per heavy atom. The summed E-state index contributed by atoms with van der Waals surface area (Å²) in [5, 5.41) is 8.96. The Morgan fingerprint density at radius 3 is 2.83 bits per heavy atom. The van der Waals surface area contributed by atoms with Crippen molar-refractivity contribution in [2.75, 3.05) is 0 Å². The van der Waals surface area contributed by atoms with E-state index in [1.807, 2.05) is 10.6 Å². The number of carboxylic acids is 1. The normalized spacial score (nSPS) is 17.1. The van der Waals surface area contributed by atoms with E-state index in [-0.39, 0.29) is 0 Å². The van der Waals surface area contributed by atoms with E-state index in [4.69, 9.17) is 5.11 Å². The van der Waals surface area contributed by atoms with Crippen LogP contribution in [-0.2, 0) is 0 Å². The van der Waals surface area contributed by atoms with Gasteiger partial charge in [0.05, 0.1) is 11.3 Å². The van der Waals surface area contributed by atoms with Crippen LogP contribution in [0.25, 0.3) is 5.65 Å². The van der Waals surface area contributed by atoms with Crippen molar-refractivity contribution in [2.45, 2.75) is 38.0 Å². The minimum absolute atomic E-state index is 0.295. The first kappa shape index (κ1) is 11.3. The van der Waals surface area contributed by atoms with Crippen molar-refractivity contribution in [3.05, 3.63) is 35.8 Å². The Morgan fingerprint density at radius 2 is 2.11 bits per heavy atom. The molecule has 1 aliphatic rings. The monoisotopic (exact) mass is 244 g/mol. The average molecular weight is 244 g/mol. The predicted molar refractivity (Wildman–Crippen MR) is 68.0 cm³/mol. The van der Waals surface area contributed by atoms with Crippen molar-refractivity contribution < 1.29 is 9.90 Å². The third-order valence-electron chi connectivity index (χ3n) is 3.75. The highest BCUT2D eigenvalue weighted by molar-refractivity contribution is 5.88. The van der Waals surface area contributed by atoms with E-state index in [9.17, 15) is 4.79 Å². The summed E-state index contributed by atoms with van der Waals surface area (Å²) >= 11 is 0. The summed E-state index contributed by atoms with van der Waals surface area (Å²) in [6.45, 7) is 0. The number of carbonyl (C=O) groups is 1. The van der Waals surface area contributed by atoms with Crippen LogP contribution in [0.5, 0.6) is 0 Å². The summed E-state index contributed by atoms with van der Waals surface area (Å²) in [6, 6.07) is 3.25. The van der Waals surface area contributed by atoms with Crippen molar-refractivity contribution >= 4 is 11.6 Å². The van der Waals surface area contributed by atoms with Gasteiger partial charge in [0.15, 0.2) is 0 Å². The molecule has 2 aromatic heterocycles. The standard InChI is InChI=1S/C14H16N2O2/c17-14(18)11-6-7-16-9-12(15-13(16)8-11)10-4-2-1-3-5-10/h6-10H,1-5H2,(H,17,18). The number of nitrogens with zero attached hydrogens (tertiary/aromatic N) is 2. The number of imidazole rings is 1. The van der Waals surface area contributed by atoms with E-state index in [0.717, 1.165) is 11.3 Å². The maximum Gasteiger partial charge on any atom is 0.335 e. The summed E-state index contributed by atoms with van der Waals surface area (Å²) in [6.07, 6.45) is 10.1. The first-order valence-corrected chi connectivity index (χ1v) is 6.46. The van der Waals surface area contributed by atoms with Gasteiger partial charge in [-0.3, -0.25) is 0 Å². The average Bonchev–Trinajstić information content (AvgIpc) is 2.82. The van der Waals surface area contributed by atoms with Gasteiger partial charge in [0.2, 0.25) is 0 Å². The number of pyridine rings is 1. The lowest BCUT2D eigenvalue weighted by atomic mass is 9.87. The first-order chi connectivity index (χ1) is 8.74. The quantitative estimate of drug-likeness (QED) is 0.883. The third kappa shape index (κ3) is 1.98. The highest BCUT2D eigenvalue weighted by Crippen LogP contribution is 2.32. The highest BCUT2D eigenvalue weighted by Gasteiger charge is 2.18. The Kier molecular flexibility index (Phi) is 2.78. The van der Waals surface area contributed by atoms with E-state index in [1.54, 1.807) is 18.3 Å². The fraction of sp³-hybridized carbons (Fsp3) is 0.429. The summed E-state index contributed by atoms with van der Waals surface area (Å²) in [5.74, 6) is -0.355. The number of hydrogen-bond acceptors (Lipinski definition) is 2. The lowest BCUT2D eigenvalue weighted by Crippen LogP contribution is -2.04. The van der Waals surface area contributed by atoms with Gasteiger partial charge in [-0.1, -0.05) is 19.3 Å². The van der Waals surface area contributed by atoms with E-state index < -0.39 is 5.97 Å². The molecule has 1 fully saturated rings. The first-order valence-electron chi connectivity index (χ1n) is 6.46. The topological polar surface area (TPSA) is 54.6 Å². The molecule has 94 valence electrons. The predicted octanol–water partition coefficient (Wildman–Crippen LogP) is 3.08. The maximum absolute atomic E-state index is 10.9. The number of rotatable bonds is 2. The van der Waals surface area contributed by atoms with Crippen LogP contribution in [0.4, 0.5) is 0 Å². The Hall–Kier alpha value is -1.84. The lowest BCUT2D eigenvalue weighted by Gasteiger charge is -2.19. The van der Waals surface area contributed by atoms with Crippen molar-refractivity contribution in [3.63, 3.8) is 0 Å². The van der Waals surface area contributed by atoms with Crippen LogP contribution in [0.15, 0.2) is 24.5 Å². The van der Waals surface area contributed by atoms with Crippen molar-refractivity contribution in [3.8, 4) is 0 Å². The molecule has 0 bridgehead atoms. The van der Waals surface area contributed by atoms with E-state index in [2.05, 4.69) is 4.98 Å². The van der Waals surface area contributed by atoms with Crippen LogP contribution in [0, 0.1) is 0 Å². The Balaban J connectivity index is 1.97. The number of fused-ring (bicyclic) bond motifs is 1. The van der Waals surface area contributed by atoms with Crippen LogP contribution in [-0.4, -0.2) is 20.5 Å². The summed E-state index contributed by atoms with van der Waals surface area (Å²) < 4.78 is 1.91. The second-order valence-electron chi connectivity index (χ2n) is 4.99. The van der Waals surface area contributed by atoms with E-state index in [0.29, 0.717) is 11.5 Å². The number of aromatic nitrogens is 2. The van der Waals surface area contributed by atoms with Gasteiger partial charge in [-0.05, 0) is 25.0 Å². The molecule has 0 radical (unpaired) electrons. The fourth-order valence-corrected chi connectivity index (χ4v) is 2.73. The molecular weight excluding hydrogens is 228 g/mol. The van der Waals surface area contributed by atoms with Crippen LogP contribution in [0.1, 0.15) is 54.1 Å². The van der Waals surface area contributed by atoms with Gasteiger partial charge >= 0.3 is 5.97 Å². The van der Waals surface area contributed by atoms with Crippen molar-refractivity contribution in [1.82, 2.24) is 9.38 Å². The van der Waals surface area contributed by atoms with Crippen LogP contribution >= 0.6 is 0 Å². The van der Waals surface area contributed by atoms with E-state index in [1.165, 1.54) is 32.1 Å². The Labute approximate surface area is 105 Å². The maximum atomic E-state index is 10.9. The molecule has 18 heavy (non-hydrogen) atoms. The van der Waals surface area contributed by atoms with Crippen LogP contribution < -0.4 is 0 Å². The van der Waals surface area contributed by atoms with Gasteiger partial charge in [0, 0.05) is 18.3 Å². The number of carboxylic acid groups (broad SMARTS) is 1. The molecule has 0 atom stereocenters. The molecule has 0 saturated heterocycles. The largest absolute Gasteiger partial charge is 0.478 e. The molecule has 3 rings (SSSR count). The Bertz CT molecular complexity index is 582. The molecule has 4 nitrogen and oxygen atoms in total. The van der Waals surface area contributed by atoms with Gasteiger partial charge < -0.3 is 9.51 Å². The molecule has 2 aromatic rings. The minimum Gasteiger partial charge on any atom is -0.478 e. The van der Waals surface area contributed by atoms with Gasteiger partial charge in [-0.15, -0.1) is 0 Å². The van der Waals surface area contributed by atoms with Crippen LogP contribution in [0.2, 0.25) is 0 Å². The molecule has 1 N–H and O–H groups in total. The summed E-state index contributed by atoms with van der Waals surface area (Å²) in [4.78, 5) is 15.5. The zero-order valence-corrected chi connectivity index (χ0v) is 10.2. The number of aromatic carboxylic acids is 1. The number of hydrogen-bond donors (Lipinski definition) is 1. The lowest BCUT2D eigenvalue weighted by molar-refractivity contribution is 0.0697. The molecule has 0 amide bonds. The molecule has 0 aliphatic heterocycles. The summed E-state index contributed by atoms with van der Waals surface area (Å²) in [7, 11) is 0. The molecule has 1 aliphatic carbocycles. The molecule has 4 heteroatoms. The second-order valence-corrected chi connectivity index (χ2v) is 4.99. The molecule has 0 unspecified atom stereocenters. The fourth-order valence-electron chi connectivity index (χ4n) is 2.73. The molecule has 2 heterocycles. The molecule has 0 spiro atoms. The van der Waals surface area contributed by atoms with Gasteiger partial charge in [-0.25, -0.2) is 9.78 Å². The third-order valence-corrected chi connectivity index (χ3v) is 3.75. The van der Waals surface area contributed by atoms with Crippen molar-refractivity contribution in [2.24, 2.45) is 0 Å².